The number of carbonyl (C=O) groups is 2. The number of carbonyl (C=O) groups excluding carboxylic acids is 2. The third-order valence-corrected chi connectivity index (χ3v) is 5.50. The van der Waals surface area contributed by atoms with E-state index in [0.717, 1.165) is 0 Å². The molecule has 4 rings (SSSR count). The fourth-order valence-corrected chi connectivity index (χ4v) is 3.81. The fraction of sp³-hybridized carbons (Fsp3) is 0.304. The first kappa shape index (κ1) is 20.6. The van der Waals surface area contributed by atoms with Gasteiger partial charge < -0.3 is 14.4 Å². The summed E-state index contributed by atoms with van der Waals surface area (Å²) < 4.78 is 11.1. The molecule has 2 aromatic rings. The van der Waals surface area contributed by atoms with Gasteiger partial charge >= 0.3 is 0 Å². The molecule has 0 spiro atoms. The smallest absolute Gasteiger partial charge is 0.270 e. The minimum Gasteiger partial charge on any atom is -0.486 e. The molecule has 0 atom stereocenters. The number of non-ortho nitro benzene ring substituents is 1. The van der Waals surface area contributed by atoms with Gasteiger partial charge in [-0.15, -0.1) is 0 Å². The largest absolute Gasteiger partial charge is 0.486 e. The lowest BCUT2D eigenvalue weighted by molar-refractivity contribution is -0.384. The highest BCUT2D eigenvalue weighted by Gasteiger charge is 2.28. The molecule has 2 aliphatic heterocycles. The van der Waals surface area contributed by atoms with Crippen LogP contribution in [0.3, 0.4) is 0 Å². The fourth-order valence-electron chi connectivity index (χ4n) is 3.81. The third-order valence-electron chi connectivity index (χ3n) is 5.50. The minimum absolute atomic E-state index is 0.0203. The van der Waals surface area contributed by atoms with E-state index in [0.29, 0.717) is 61.8 Å². The molecule has 1 fully saturated rings. The lowest BCUT2D eigenvalue weighted by Gasteiger charge is -2.30. The van der Waals surface area contributed by atoms with Crippen molar-refractivity contribution in [3.05, 3.63) is 69.8 Å². The molecule has 0 saturated carbocycles. The molecule has 2 aliphatic rings. The Hall–Kier alpha value is -3.68. The molecule has 0 radical (unpaired) electrons. The first-order chi connectivity index (χ1) is 15.0. The molecule has 2 aromatic carbocycles. The Morgan fingerprint density at radius 2 is 1.77 bits per heavy atom. The maximum Gasteiger partial charge on any atom is 0.270 e. The number of amides is 1. The van der Waals surface area contributed by atoms with Gasteiger partial charge in [-0.1, -0.05) is 12.1 Å². The quantitative estimate of drug-likeness (QED) is 0.317. The van der Waals surface area contributed by atoms with Crippen LogP contribution in [0.25, 0.3) is 6.08 Å². The van der Waals surface area contributed by atoms with Crippen molar-refractivity contribution in [2.75, 3.05) is 26.3 Å². The molecule has 0 N–H and O–H groups in total. The van der Waals surface area contributed by atoms with Gasteiger partial charge in [0.05, 0.1) is 4.92 Å². The van der Waals surface area contributed by atoms with E-state index in [1.165, 1.54) is 18.2 Å². The van der Waals surface area contributed by atoms with Gasteiger partial charge in [0.1, 0.15) is 13.2 Å². The molecule has 0 aromatic heterocycles. The van der Waals surface area contributed by atoms with Crippen LogP contribution in [0.2, 0.25) is 0 Å². The van der Waals surface area contributed by atoms with Crippen molar-refractivity contribution in [1.29, 1.82) is 0 Å². The molecule has 2 heterocycles. The predicted octanol–water partition coefficient (Wildman–Crippen LogP) is 3.50. The SMILES string of the molecule is O=C(c1ccc2c(c1)OCCO2)C1CCN(C(=O)C=Cc2cccc([N+](=O)[O-])c2)CC1. The van der Waals surface area contributed by atoms with Gasteiger partial charge in [-0.3, -0.25) is 19.7 Å². The molecule has 31 heavy (non-hydrogen) atoms. The highest BCUT2D eigenvalue weighted by Crippen LogP contribution is 2.32. The highest BCUT2D eigenvalue weighted by atomic mass is 16.6. The lowest BCUT2D eigenvalue weighted by atomic mass is 9.88. The van der Waals surface area contributed by atoms with Crippen LogP contribution in [0.5, 0.6) is 11.5 Å². The standard InChI is InChI=1S/C23H22N2O6/c26-22(7-4-16-2-1-3-19(14-16)25(28)29)24-10-8-17(9-11-24)23(27)18-5-6-20-21(15-18)31-13-12-30-20/h1-7,14-15,17H,8-13H2. The van der Waals surface area contributed by atoms with E-state index in [2.05, 4.69) is 0 Å². The molecule has 1 amide bonds. The number of nitrogens with zero attached hydrogens (tertiary/aromatic N) is 2. The topological polar surface area (TPSA) is 99.0 Å². The van der Waals surface area contributed by atoms with E-state index in [-0.39, 0.29) is 23.3 Å². The molecule has 0 bridgehead atoms. The number of ether oxygens (including phenoxy) is 2. The number of rotatable bonds is 5. The zero-order chi connectivity index (χ0) is 21.8. The number of likely N-dealkylation sites (tertiary alicyclic amines) is 1. The molecule has 8 nitrogen and oxygen atoms in total. The summed E-state index contributed by atoms with van der Waals surface area (Å²) in [5.41, 5.74) is 1.17. The van der Waals surface area contributed by atoms with E-state index < -0.39 is 4.92 Å². The van der Waals surface area contributed by atoms with Gasteiger partial charge in [0.2, 0.25) is 5.91 Å². The van der Waals surface area contributed by atoms with Crippen molar-refractivity contribution in [2.45, 2.75) is 12.8 Å². The summed E-state index contributed by atoms with van der Waals surface area (Å²) in [6.45, 7) is 1.94. The summed E-state index contributed by atoms with van der Waals surface area (Å²) in [6.07, 6.45) is 4.16. The molecule has 0 aliphatic carbocycles. The molecule has 1 saturated heterocycles. The minimum atomic E-state index is -0.470. The van der Waals surface area contributed by atoms with Crippen LogP contribution in [-0.2, 0) is 4.79 Å². The molecule has 8 heteroatoms. The maximum atomic E-state index is 12.9. The first-order valence-electron chi connectivity index (χ1n) is 10.2. The molecular formula is C23H22N2O6. The van der Waals surface area contributed by atoms with Crippen LogP contribution in [0.15, 0.2) is 48.5 Å². The number of ketones is 1. The Morgan fingerprint density at radius 1 is 1.03 bits per heavy atom. The van der Waals surface area contributed by atoms with Crippen molar-refractivity contribution in [1.82, 2.24) is 4.90 Å². The van der Waals surface area contributed by atoms with E-state index in [1.54, 1.807) is 41.3 Å². The summed E-state index contributed by atoms with van der Waals surface area (Å²) in [5.74, 6) is 0.982. The van der Waals surface area contributed by atoms with Crippen LogP contribution in [0.4, 0.5) is 5.69 Å². The number of fused-ring (bicyclic) bond motifs is 1. The second-order valence-corrected chi connectivity index (χ2v) is 7.51. The number of nitro groups is 1. The molecule has 0 unspecified atom stereocenters. The normalized spacial score (nSPS) is 16.3. The summed E-state index contributed by atoms with van der Waals surface area (Å²) >= 11 is 0. The number of piperidine rings is 1. The summed E-state index contributed by atoms with van der Waals surface area (Å²) in [4.78, 5) is 37.5. The second kappa shape index (κ2) is 8.99. The van der Waals surface area contributed by atoms with Crippen LogP contribution >= 0.6 is 0 Å². The number of nitro benzene ring substituents is 1. The number of hydrogen-bond donors (Lipinski definition) is 0. The van der Waals surface area contributed by atoms with E-state index >= 15 is 0 Å². The number of Topliss-reactive ketones (excluding diaryl/α,β-unsaturated/α-hetero) is 1. The average Bonchev–Trinajstić information content (AvgIpc) is 2.82. The summed E-state index contributed by atoms with van der Waals surface area (Å²) in [5, 5.41) is 10.9. The van der Waals surface area contributed by atoms with Crippen molar-refractivity contribution in [3.8, 4) is 11.5 Å². The van der Waals surface area contributed by atoms with Crippen molar-refractivity contribution >= 4 is 23.5 Å². The second-order valence-electron chi connectivity index (χ2n) is 7.51. The van der Waals surface area contributed by atoms with Gasteiger partial charge in [0.25, 0.3) is 5.69 Å². The van der Waals surface area contributed by atoms with Gasteiger partial charge in [-0.05, 0) is 42.7 Å². The van der Waals surface area contributed by atoms with E-state index in [9.17, 15) is 19.7 Å². The van der Waals surface area contributed by atoms with Gasteiger partial charge in [-0.2, -0.15) is 0 Å². The lowest BCUT2D eigenvalue weighted by Crippen LogP contribution is -2.39. The number of benzene rings is 2. The highest BCUT2D eigenvalue weighted by molar-refractivity contribution is 5.99. The average molecular weight is 422 g/mol. The Kier molecular flexibility index (Phi) is 5.97. The first-order valence-corrected chi connectivity index (χ1v) is 10.2. The predicted molar refractivity (Wildman–Crippen MR) is 113 cm³/mol. The zero-order valence-corrected chi connectivity index (χ0v) is 16.9. The van der Waals surface area contributed by atoms with Gasteiger partial charge in [0, 0.05) is 42.8 Å². The summed E-state index contributed by atoms with van der Waals surface area (Å²) in [7, 11) is 0. The van der Waals surface area contributed by atoms with Gasteiger partial charge in [-0.25, -0.2) is 0 Å². The Morgan fingerprint density at radius 3 is 2.52 bits per heavy atom. The number of hydrogen-bond acceptors (Lipinski definition) is 6. The molecule has 160 valence electrons. The summed E-state index contributed by atoms with van der Waals surface area (Å²) in [6, 6.07) is 11.4. The van der Waals surface area contributed by atoms with Crippen molar-refractivity contribution < 1.29 is 24.0 Å². The third kappa shape index (κ3) is 4.74. The van der Waals surface area contributed by atoms with Crippen molar-refractivity contribution in [2.24, 2.45) is 5.92 Å². The Balaban J connectivity index is 1.34. The van der Waals surface area contributed by atoms with E-state index in [1.807, 2.05) is 0 Å². The Bertz CT molecular complexity index is 1040. The van der Waals surface area contributed by atoms with Crippen LogP contribution < -0.4 is 9.47 Å². The monoisotopic (exact) mass is 422 g/mol. The van der Waals surface area contributed by atoms with Crippen LogP contribution in [0, 0.1) is 16.0 Å². The van der Waals surface area contributed by atoms with Crippen molar-refractivity contribution in [3.63, 3.8) is 0 Å². The Labute approximate surface area is 179 Å². The van der Waals surface area contributed by atoms with E-state index in [4.69, 9.17) is 9.47 Å². The van der Waals surface area contributed by atoms with Crippen LogP contribution in [0.1, 0.15) is 28.8 Å². The van der Waals surface area contributed by atoms with Crippen LogP contribution in [-0.4, -0.2) is 47.8 Å². The zero-order valence-electron chi connectivity index (χ0n) is 16.9. The van der Waals surface area contributed by atoms with Gasteiger partial charge in [0.15, 0.2) is 17.3 Å². The maximum absolute atomic E-state index is 12.9. The molecular weight excluding hydrogens is 400 g/mol.